The van der Waals surface area contributed by atoms with E-state index in [1.165, 1.54) is 11.9 Å². The van der Waals surface area contributed by atoms with E-state index in [1.807, 2.05) is 12.1 Å². The van der Waals surface area contributed by atoms with E-state index >= 15 is 0 Å². The predicted octanol–water partition coefficient (Wildman–Crippen LogP) is 2.23. The Bertz CT molecular complexity index is 623. The smallest absolute Gasteiger partial charge is 0.267 e. The summed E-state index contributed by atoms with van der Waals surface area (Å²) in [5.74, 6) is 0.679. The topological polar surface area (TPSA) is 49.0 Å². The first-order valence-corrected chi connectivity index (χ1v) is 6.15. The summed E-state index contributed by atoms with van der Waals surface area (Å²) in [6.07, 6.45) is 2.42. The molecule has 86 valence electrons. The van der Waals surface area contributed by atoms with Crippen molar-refractivity contribution in [3.8, 4) is 0 Å². The van der Waals surface area contributed by atoms with Crippen molar-refractivity contribution in [2.45, 2.75) is 6.42 Å². The minimum absolute atomic E-state index is 0.153. The molecule has 0 spiro atoms. The van der Waals surface area contributed by atoms with Crippen LogP contribution in [0.5, 0.6) is 0 Å². The van der Waals surface area contributed by atoms with Crippen LogP contribution in [0.4, 0.5) is 11.5 Å². The zero-order valence-electron chi connectivity index (χ0n) is 8.98. The average Bonchev–Trinajstić information content (AvgIpc) is 2.77. The van der Waals surface area contributed by atoms with Crippen molar-refractivity contribution in [3.63, 3.8) is 0 Å². The van der Waals surface area contributed by atoms with E-state index in [4.69, 9.17) is 0 Å². The lowest BCUT2D eigenvalue weighted by atomic mass is 10.2. The van der Waals surface area contributed by atoms with Crippen LogP contribution in [-0.2, 0) is 6.42 Å². The summed E-state index contributed by atoms with van der Waals surface area (Å²) >= 11 is 3.29. The largest absolute Gasteiger partial charge is 0.325 e. The summed E-state index contributed by atoms with van der Waals surface area (Å²) in [6.45, 7) is 0.856. The molecule has 0 saturated carbocycles. The van der Waals surface area contributed by atoms with Gasteiger partial charge in [0.05, 0.1) is 6.33 Å². The molecule has 2 heterocycles. The van der Waals surface area contributed by atoms with Gasteiger partial charge in [0.15, 0.2) is 5.82 Å². The Hall–Kier alpha value is -1.62. The third-order valence-electron chi connectivity index (χ3n) is 2.92. The molecule has 0 radical (unpaired) electrons. The van der Waals surface area contributed by atoms with Gasteiger partial charge in [0.25, 0.3) is 5.56 Å². The van der Waals surface area contributed by atoms with Gasteiger partial charge < -0.3 is 9.88 Å². The van der Waals surface area contributed by atoms with Gasteiger partial charge in [0, 0.05) is 12.2 Å². The van der Waals surface area contributed by atoms with Gasteiger partial charge in [0.2, 0.25) is 0 Å². The summed E-state index contributed by atoms with van der Waals surface area (Å²) in [6, 6.07) is 8.19. The molecular weight excluding hydrogens is 282 g/mol. The molecule has 0 bridgehead atoms. The predicted molar refractivity (Wildman–Crippen MR) is 69.7 cm³/mol. The second-order valence-electron chi connectivity index (χ2n) is 3.90. The number of hydrogen-bond acceptors (Lipinski definition) is 3. The highest BCUT2D eigenvalue weighted by Gasteiger charge is 2.23. The van der Waals surface area contributed by atoms with Gasteiger partial charge in [-0.3, -0.25) is 4.79 Å². The van der Waals surface area contributed by atoms with E-state index in [1.54, 1.807) is 0 Å². The number of nitrogens with zero attached hydrogens (tertiary/aromatic N) is 2. The Kier molecular flexibility index (Phi) is 2.48. The van der Waals surface area contributed by atoms with Crippen LogP contribution in [0.1, 0.15) is 5.56 Å². The van der Waals surface area contributed by atoms with E-state index < -0.39 is 0 Å². The molecule has 0 unspecified atom stereocenters. The SMILES string of the molecule is O=c1[nH]cnc(N2CCc3ccccc32)c1Br. The van der Waals surface area contributed by atoms with Gasteiger partial charge in [-0.25, -0.2) is 4.98 Å². The second-order valence-corrected chi connectivity index (χ2v) is 4.69. The molecule has 2 aromatic rings. The summed E-state index contributed by atoms with van der Waals surface area (Å²) < 4.78 is 0.483. The lowest BCUT2D eigenvalue weighted by Gasteiger charge is -2.18. The van der Waals surface area contributed by atoms with Gasteiger partial charge in [-0.1, -0.05) is 18.2 Å². The summed E-state index contributed by atoms with van der Waals surface area (Å²) in [4.78, 5) is 20.4. The van der Waals surface area contributed by atoms with Crippen LogP contribution in [-0.4, -0.2) is 16.5 Å². The van der Waals surface area contributed by atoms with Crippen molar-refractivity contribution in [1.82, 2.24) is 9.97 Å². The fraction of sp³-hybridized carbons (Fsp3) is 0.167. The van der Waals surface area contributed by atoms with Gasteiger partial charge in [-0.2, -0.15) is 0 Å². The Balaban J connectivity index is 2.13. The van der Waals surface area contributed by atoms with Crippen molar-refractivity contribution in [1.29, 1.82) is 0 Å². The molecular formula is C12H10BrN3O. The summed E-state index contributed by atoms with van der Waals surface area (Å²) in [5, 5.41) is 0. The number of aromatic nitrogens is 2. The number of H-pyrrole nitrogens is 1. The standard InChI is InChI=1S/C12H10BrN3O/c13-10-11(14-7-15-12(10)17)16-6-5-8-3-1-2-4-9(8)16/h1-4,7H,5-6H2,(H,14,15,17). The number of benzene rings is 1. The molecule has 1 aromatic heterocycles. The van der Waals surface area contributed by atoms with Crippen LogP contribution < -0.4 is 10.5 Å². The molecule has 17 heavy (non-hydrogen) atoms. The molecule has 1 aromatic carbocycles. The number of hydrogen-bond donors (Lipinski definition) is 1. The molecule has 1 aliphatic rings. The number of nitrogens with one attached hydrogen (secondary N) is 1. The van der Waals surface area contributed by atoms with Crippen molar-refractivity contribution in [2.24, 2.45) is 0 Å². The maximum Gasteiger partial charge on any atom is 0.267 e. The quantitative estimate of drug-likeness (QED) is 0.877. The number of anilines is 2. The average molecular weight is 292 g/mol. The number of rotatable bonds is 1. The third kappa shape index (κ3) is 1.67. The maximum absolute atomic E-state index is 11.5. The normalized spacial score (nSPS) is 13.8. The molecule has 0 saturated heterocycles. The van der Waals surface area contributed by atoms with E-state index in [9.17, 15) is 4.79 Å². The molecule has 5 heteroatoms. The summed E-state index contributed by atoms with van der Waals surface area (Å²) in [5.41, 5.74) is 2.27. The van der Waals surface area contributed by atoms with Gasteiger partial charge >= 0.3 is 0 Å². The lowest BCUT2D eigenvalue weighted by molar-refractivity contribution is 0.950. The van der Waals surface area contributed by atoms with Gasteiger partial charge in [-0.15, -0.1) is 0 Å². The zero-order chi connectivity index (χ0) is 11.8. The van der Waals surface area contributed by atoms with Crippen molar-refractivity contribution >= 4 is 27.4 Å². The molecule has 0 atom stereocenters. The first-order valence-electron chi connectivity index (χ1n) is 5.36. The lowest BCUT2D eigenvalue weighted by Crippen LogP contribution is -2.19. The highest BCUT2D eigenvalue weighted by molar-refractivity contribution is 9.10. The first-order chi connectivity index (χ1) is 8.27. The number of fused-ring (bicyclic) bond motifs is 1. The van der Waals surface area contributed by atoms with E-state index in [0.29, 0.717) is 10.3 Å². The minimum Gasteiger partial charge on any atom is -0.325 e. The number of para-hydroxylation sites is 1. The van der Waals surface area contributed by atoms with Crippen molar-refractivity contribution in [2.75, 3.05) is 11.4 Å². The van der Waals surface area contributed by atoms with Gasteiger partial charge in [-0.05, 0) is 34.0 Å². The molecule has 1 N–H and O–H groups in total. The van der Waals surface area contributed by atoms with E-state index in [-0.39, 0.29) is 5.56 Å². The Morgan fingerprint density at radius 1 is 1.35 bits per heavy atom. The van der Waals surface area contributed by atoms with Crippen molar-refractivity contribution < 1.29 is 0 Å². The fourth-order valence-electron chi connectivity index (χ4n) is 2.12. The summed E-state index contributed by atoms with van der Waals surface area (Å²) in [7, 11) is 0. The molecule has 0 aliphatic carbocycles. The molecule has 0 fully saturated rings. The monoisotopic (exact) mass is 291 g/mol. The van der Waals surface area contributed by atoms with Crippen LogP contribution in [0.3, 0.4) is 0 Å². The Morgan fingerprint density at radius 3 is 3.06 bits per heavy atom. The van der Waals surface area contributed by atoms with Gasteiger partial charge in [0.1, 0.15) is 4.47 Å². The van der Waals surface area contributed by atoms with Crippen molar-refractivity contribution in [3.05, 3.63) is 51.0 Å². The molecule has 3 rings (SSSR count). The first kappa shape index (κ1) is 10.5. The maximum atomic E-state index is 11.5. The van der Waals surface area contributed by atoms with Crippen LogP contribution >= 0.6 is 15.9 Å². The van der Waals surface area contributed by atoms with Crippen LogP contribution in [0.2, 0.25) is 0 Å². The molecule has 1 aliphatic heterocycles. The van der Waals surface area contributed by atoms with Crippen LogP contribution in [0.15, 0.2) is 39.9 Å². The highest BCUT2D eigenvalue weighted by Crippen LogP contribution is 2.35. The second kappa shape index (κ2) is 4.00. The fourth-order valence-corrected chi connectivity index (χ4v) is 2.55. The van der Waals surface area contributed by atoms with E-state index in [2.05, 4.69) is 42.9 Å². The third-order valence-corrected chi connectivity index (χ3v) is 3.64. The zero-order valence-corrected chi connectivity index (χ0v) is 10.6. The van der Waals surface area contributed by atoms with E-state index in [0.717, 1.165) is 18.7 Å². The molecule has 4 nitrogen and oxygen atoms in total. The minimum atomic E-state index is -0.153. The Labute approximate surface area is 106 Å². The molecule has 0 amide bonds. The van der Waals surface area contributed by atoms with Crippen LogP contribution in [0, 0.1) is 0 Å². The highest BCUT2D eigenvalue weighted by atomic mass is 79.9. The number of halogens is 1. The van der Waals surface area contributed by atoms with Crippen LogP contribution in [0.25, 0.3) is 0 Å². The Morgan fingerprint density at radius 2 is 2.18 bits per heavy atom. The number of aromatic amines is 1.